The molecule has 0 bridgehead atoms. The molecular formula is C37H48ClN3O6. The van der Waals surface area contributed by atoms with Crippen LogP contribution in [0.1, 0.15) is 88.1 Å². The Bertz CT molecular complexity index is 1500. The van der Waals surface area contributed by atoms with Crippen LogP contribution in [0.4, 0.5) is 10.5 Å². The SMILES string of the molecule is CCCCCCCN(C(=O)C(Cc1ccc(O)cc1)NC(=O)OC(C)(C)C)C(C(=O)Nc1c(C)cccc1Cl)c1cccc(C)c1O. The van der Waals surface area contributed by atoms with Gasteiger partial charge in [-0.25, -0.2) is 4.79 Å². The number of halogens is 1. The number of hydrogen-bond donors (Lipinski definition) is 4. The Morgan fingerprint density at radius 3 is 2.17 bits per heavy atom. The summed E-state index contributed by atoms with van der Waals surface area (Å²) in [5.41, 5.74) is 1.77. The van der Waals surface area contributed by atoms with E-state index in [-0.39, 0.29) is 30.0 Å². The fraction of sp³-hybridized carbons (Fsp3) is 0.432. The first-order valence-electron chi connectivity index (χ1n) is 16.1. The number of carbonyl (C=O) groups excluding carboxylic acids is 3. The number of ether oxygens (including phenoxy) is 1. The van der Waals surface area contributed by atoms with E-state index in [1.807, 2.05) is 13.0 Å². The second-order valence-corrected chi connectivity index (χ2v) is 13.3. The molecule has 10 heteroatoms. The Morgan fingerprint density at radius 1 is 0.894 bits per heavy atom. The number of aryl methyl sites for hydroxylation is 2. The summed E-state index contributed by atoms with van der Waals surface area (Å²) >= 11 is 6.49. The third-order valence-electron chi connectivity index (χ3n) is 7.74. The maximum atomic E-state index is 14.8. The quantitative estimate of drug-likeness (QED) is 0.129. The van der Waals surface area contributed by atoms with Crippen molar-refractivity contribution in [2.75, 3.05) is 11.9 Å². The highest BCUT2D eigenvalue weighted by Crippen LogP contribution is 2.35. The van der Waals surface area contributed by atoms with E-state index in [0.29, 0.717) is 28.3 Å². The number of nitrogens with one attached hydrogen (secondary N) is 2. The number of hydrogen-bond acceptors (Lipinski definition) is 6. The van der Waals surface area contributed by atoms with Crippen LogP contribution in [-0.4, -0.2) is 51.2 Å². The monoisotopic (exact) mass is 665 g/mol. The van der Waals surface area contributed by atoms with Crippen LogP contribution in [0.5, 0.6) is 11.5 Å². The van der Waals surface area contributed by atoms with Gasteiger partial charge in [-0.3, -0.25) is 9.59 Å². The van der Waals surface area contributed by atoms with E-state index in [4.69, 9.17) is 16.3 Å². The molecular weight excluding hydrogens is 618 g/mol. The topological polar surface area (TPSA) is 128 Å². The lowest BCUT2D eigenvalue weighted by Gasteiger charge is -2.35. The normalized spacial score (nSPS) is 12.6. The molecule has 0 aliphatic heterocycles. The molecule has 0 spiro atoms. The van der Waals surface area contributed by atoms with E-state index in [1.165, 1.54) is 17.0 Å². The van der Waals surface area contributed by atoms with Crippen LogP contribution in [0, 0.1) is 13.8 Å². The Labute approximate surface area is 283 Å². The molecule has 2 atom stereocenters. The summed E-state index contributed by atoms with van der Waals surface area (Å²) in [6.07, 6.45) is 3.70. The second kappa shape index (κ2) is 17.1. The summed E-state index contributed by atoms with van der Waals surface area (Å²) in [5, 5.41) is 27.1. The zero-order valence-electron chi connectivity index (χ0n) is 28.2. The zero-order valence-corrected chi connectivity index (χ0v) is 29.0. The molecule has 0 heterocycles. The Morgan fingerprint density at radius 2 is 1.53 bits per heavy atom. The smallest absolute Gasteiger partial charge is 0.408 e. The van der Waals surface area contributed by atoms with E-state index < -0.39 is 35.6 Å². The van der Waals surface area contributed by atoms with Crippen molar-refractivity contribution in [2.45, 2.75) is 97.8 Å². The maximum Gasteiger partial charge on any atom is 0.408 e. The third-order valence-corrected chi connectivity index (χ3v) is 8.06. The van der Waals surface area contributed by atoms with Crippen molar-refractivity contribution < 1.29 is 29.3 Å². The van der Waals surface area contributed by atoms with Crippen molar-refractivity contribution in [2.24, 2.45) is 0 Å². The molecule has 0 aliphatic rings. The van der Waals surface area contributed by atoms with Gasteiger partial charge in [-0.1, -0.05) is 86.7 Å². The van der Waals surface area contributed by atoms with Gasteiger partial charge in [-0.2, -0.15) is 0 Å². The van der Waals surface area contributed by atoms with Crippen LogP contribution in [0.2, 0.25) is 5.02 Å². The average Bonchev–Trinajstić information content (AvgIpc) is 2.99. The van der Waals surface area contributed by atoms with Crippen LogP contribution in [-0.2, 0) is 20.7 Å². The van der Waals surface area contributed by atoms with E-state index in [1.54, 1.807) is 70.2 Å². The first kappa shape index (κ1) is 37.2. The van der Waals surface area contributed by atoms with Crippen molar-refractivity contribution in [3.8, 4) is 11.5 Å². The molecule has 2 unspecified atom stereocenters. The molecule has 3 rings (SSSR count). The Balaban J connectivity index is 2.14. The number of aromatic hydroxyl groups is 2. The summed E-state index contributed by atoms with van der Waals surface area (Å²) < 4.78 is 5.52. The number of para-hydroxylation sites is 2. The van der Waals surface area contributed by atoms with E-state index in [2.05, 4.69) is 17.6 Å². The highest BCUT2D eigenvalue weighted by Gasteiger charge is 2.38. The van der Waals surface area contributed by atoms with E-state index >= 15 is 0 Å². The highest BCUT2D eigenvalue weighted by molar-refractivity contribution is 6.34. The minimum Gasteiger partial charge on any atom is -0.508 e. The van der Waals surface area contributed by atoms with Crippen molar-refractivity contribution >= 4 is 35.2 Å². The Hall–Kier alpha value is -4.24. The molecule has 0 radical (unpaired) electrons. The summed E-state index contributed by atoms with van der Waals surface area (Å²) in [6, 6.07) is 14.2. The fourth-order valence-corrected chi connectivity index (χ4v) is 5.57. The summed E-state index contributed by atoms with van der Waals surface area (Å²) in [7, 11) is 0. The number of benzene rings is 3. The minimum atomic E-state index is -1.27. The molecule has 47 heavy (non-hydrogen) atoms. The lowest BCUT2D eigenvalue weighted by Crippen LogP contribution is -2.53. The van der Waals surface area contributed by atoms with Crippen LogP contribution in [0.3, 0.4) is 0 Å². The van der Waals surface area contributed by atoms with Gasteiger partial charge in [0.05, 0.1) is 10.7 Å². The lowest BCUT2D eigenvalue weighted by molar-refractivity contribution is -0.141. The van der Waals surface area contributed by atoms with Gasteiger partial charge in [0.25, 0.3) is 5.91 Å². The van der Waals surface area contributed by atoms with Crippen LogP contribution in [0.25, 0.3) is 0 Å². The molecule has 0 aliphatic carbocycles. The van der Waals surface area contributed by atoms with Gasteiger partial charge in [-0.15, -0.1) is 0 Å². The lowest BCUT2D eigenvalue weighted by atomic mass is 9.97. The van der Waals surface area contributed by atoms with Gasteiger partial charge in [0.1, 0.15) is 29.2 Å². The molecule has 4 N–H and O–H groups in total. The first-order chi connectivity index (χ1) is 22.2. The second-order valence-electron chi connectivity index (χ2n) is 12.9. The molecule has 0 fully saturated rings. The number of alkyl carbamates (subject to hydrolysis) is 1. The predicted molar refractivity (Wildman–Crippen MR) is 186 cm³/mol. The van der Waals surface area contributed by atoms with Gasteiger partial charge in [0.2, 0.25) is 5.91 Å². The van der Waals surface area contributed by atoms with Crippen LogP contribution in [0.15, 0.2) is 60.7 Å². The van der Waals surface area contributed by atoms with Gasteiger partial charge in [-0.05, 0) is 75.9 Å². The van der Waals surface area contributed by atoms with Crippen molar-refractivity contribution in [1.82, 2.24) is 10.2 Å². The number of phenolic OH excluding ortho intramolecular Hbond substituents is 2. The van der Waals surface area contributed by atoms with Gasteiger partial charge in [0, 0.05) is 18.5 Å². The number of amides is 3. The van der Waals surface area contributed by atoms with Crippen molar-refractivity contribution in [3.63, 3.8) is 0 Å². The number of unbranched alkanes of at least 4 members (excludes halogenated alkanes) is 4. The molecule has 3 aromatic rings. The maximum absolute atomic E-state index is 14.8. The third kappa shape index (κ3) is 10.9. The van der Waals surface area contributed by atoms with Crippen molar-refractivity contribution in [1.29, 1.82) is 0 Å². The fourth-order valence-electron chi connectivity index (χ4n) is 5.30. The number of anilines is 1. The summed E-state index contributed by atoms with van der Waals surface area (Å²) in [6.45, 7) is 11.0. The largest absolute Gasteiger partial charge is 0.508 e. The summed E-state index contributed by atoms with van der Waals surface area (Å²) in [5.74, 6) is -1.14. The standard InChI is InChI=1S/C37H48ClN3O6/c1-7-8-9-10-11-22-41(35(45)30(39-36(46)47-37(4,5)6)23-26-18-20-27(42)21-19-26)32(28-16-12-15-25(3)33(28)43)34(44)40-31-24(2)14-13-17-29(31)38/h12-21,30,32,42-43H,7-11,22-23H2,1-6H3,(H,39,46)(H,40,44). The van der Waals surface area contributed by atoms with Crippen molar-refractivity contribution in [3.05, 3.63) is 87.9 Å². The number of carbonyl (C=O) groups is 3. The molecule has 0 saturated carbocycles. The molecule has 3 amide bonds. The average molecular weight is 666 g/mol. The molecule has 3 aromatic carbocycles. The summed E-state index contributed by atoms with van der Waals surface area (Å²) in [4.78, 5) is 43.7. The van der Waals surface area contributed by atoms with Gasteiger partial charge in [0.15, 0.2) is 0 Å². The number of rotatable bonds is 14. The van der Waals surface area contributed by atoms with Crippen LogP contribution < -0.4 is 10.6 Å². The van der Waals surface area contributed by atoms with Crippen LogP contribution >= 0.6 is 11.6 Å². The molecule has 0 saturated heterocycles. The Kier molecular flexibility index (Phi) is 13.5. The predicted octanol–water partition coefficient (Wildman–Crippen LogP) is 7.98. The number of phenols is 2. The van der Waals surface area contributed by atoms with E-state index in [9.17, 15) is 24.6 Å². The molecule has 9 nitrogen and oxygen atoms in total. The molecule has 0 aromatic heterocycles. The van der Waals surface area contributed by atoms with Gasteiger partial charge < -0.3 is 30.5 Å². The first-order valence-corrected chi connectivity index (χ1v) is 16.5. The minimum absolute atomic E-state index is 0.0580. The molecule has 254 valence electrons. The highest BCUT2D eigenvalue weighted by atomic mass is 35.5. The zero-order chi connectivity index (χ0) is 34.7. The van der Waals surface area contributed by atoms with Gasteiger partial charge >= 0.3 is 6.09 Å². The number of nitrogens with zero attached hydrogens (tertiary/aromatic N) is 1. The van der Waals surface area contributed by atoms with E-state index in [0.717, 1.165) is 31.2 Å².